The lowest BCUT2D eigenvalue weighted by molar-refractivity contribution is 0.186. The fourth-order valence-corrected chi connectivity index (χ4v) is 4.50. The largest absolute Gasteiger partial charge is 0.496 e. The van der Waals surface area contributed by atoms with Crippen LogP contribution in [0.15, 0.2) is 23.0 Å². The Morgan fingerprint density at radius 3 is 2.71 bits per heavy atom. The Morgan fingerprint density at radius 2 is 2.07 bits per heavy atom. The van der Waals surface area contributed by atoms with Crippen molar-refractivity contribution in [3.8, 4) is 5.75 Å². The smallest absolute Gasteiger partial charge is 0.404 e. The molecule has 1 aromatic heterocycles. The normalized spacial score (nSPS) is 20.4. The summed E-state index contributed by atoms with van der Waals surface area (Å²) in [5.74, 6) is 0.882. The molecule has 2 aromatic rings. The third kappa shape index (κ3) is 3.19. The third-order valence-corrected chi connectivity index (χ3v) is 6.16. The molecule has 4 rings (SSSR count). The molecule has 150 valence electrons. The van der Waals surface area contributed by atoms with Crippen LogP contribution >= 0.6 is 0 Å². The van der Waals surface area contributed by atoms with Crippen LogP contribution in [0.2, 0.25) is 0 Å². The number of benzene rings is 1. The molecule has 7 nitrogen and oxygen atoms in total. The summed E-state index contributed by atoms with van der Waals surface area (Å²) in [6, 6.07) is 5.92. The van der Waals surface area contributed by atoms with Gasteiger partial charge in [0.1, 0.15) is 5.75 Å². The molecule has 2 heterocycles. The maximum atomic E-state index is 12.7. The molecular formula is C21H27N3O4. The van der Waals surface area contributed by atoms with Crippen molar-refractivity contribution in [3.63, 3.8) is 0 Å². The van der Waals surface area contributed by atoms with Gasteiger partial charge in [0.2, 0.25) is 0 Å². The van der Waals surface area contributed by atoms with E-state index in [4.69, 9.17) is 9.84 Å². The average Bonchev–Trinajstić information content (AvgIpc) is 3.36. The van der Waals surface area contributed by atoms with Gasteiger partial charge in [0.25, 0.3) is 5.56 Å². The molecule has 0 bridgehead atoms. The van der Waals surface area contributed by atoms with E-state index in [1.54, 1.807) is 13.2 Å². The van der Waals surface area contributed by atoms with Crippen LogP contribution in [0.1, 0.15) is 37.8 Å². The van der Waals surface area contributed by atoms with Gasteiger partial charge in [-0.25, -0.2) is 4.79 Å². The molecule has 1 amide bonds. The molecule has 0 radical (unpaired) electrons. The van der Waals surface area contributed by atoms with Crippen LogP contribution < -0.4 is 20.5 Å². The number of aromatic nitrogens is 1. The van der Waals surface area contributed by atoms with Crippen LogP contribution in [-0.4, -0.2) is 42.0 Å². The van der Waals surface area contributed by atoms with Crippen LogP contribution in [0, 0.1) is 12.8 Å². The maximum Gasteiger partial charge on any atom is 0.404 e. The fraction of sp³-hybridized carbons (Fsp3) is 0.524. The highest BCUT2D eigenvalue weighted by Gasteiger charge is 2.31. The molecular weight excluding hydrogens is 358 g/mol. The number of nitrogens with zero attached hydrogens (tertiary/aromatic N) is 2. The Balaban J connectivity index is 1.73. The lowest BCUT2D eigenvalue weighted by atomic mass is 10.0. The number of methoxy groups -OCH3 is 1. The summed E-state index contributed by atoms with van der Waals surface area (Å²) in [6.45, 7) is 5.67. The van der Waals surface area contributed by atoms with E-state index in [9.17, 15) is 9.59 Å². The molecule has 1 aliphatic heterocycles. The summed E-state index contributed by atoms with van der Waals surface area (Å²) >= 11 is 0. The zero-order valence-corrected chi connectivity index (χ0v) is 16.6. The summed E-state index contributed by atoms with van der Waals surface area (Å²) in [7, 11) is 1.60. The van der Waals surface area contributed by atoms with Crippen molar-refractivity contribution in [2.75, 3.05) is 25.1 Å². The minimum absolute atomic E-state index is 0.00863. The van der Waals surface area contributed by atoms with Gasteiger partial charge >= 0.3 is 6.09 Å². The SMILES string of the molecule is COc1cc(=O)n(C2CC2)c2c(C)c(N3CC[C@@H]([C@H](C)NC(=O)O)C3)ccc12. The minimum atomic E-state index is -0.978. The molecule has 1 aromatic carbocycles. The number of rotatable bonds is 5. The van der Waals surface area contributed by atoms with E-state index in [-0.39, 0.29) is 23.6 Å². The number of anilines is 1. The Kier molecular flexibility index (Phi) is 4.69. The first-order chi connectivity index (χ1) is 13.4. The first kappa shape index (κ1) is 18.7. The molecule has 7 heteroatoms. The highest BCUT2D eigenvalue weighted by molar-refractivity contribution is 5.92. The van der Waals surface area contributed by atoms with Crippen LogP contribution in [0.5, 0.6) is 5.75 Å². The van der Waals surface area contributed by atoms with Crippen LogP contribution in [0.3, 0.4) is 0 Å². The van der Waals surface area contributed by atoms with Gasteiger partial charge in [-0.1, -0.05) is 0 Å². The lowest BCUT2D eigenvalue weighted by Gasteiger charge is -2.25. The number of nitrogens with one attached hydrogen (secondary N) is 1. The van der Waals surface area contributed by atoms with E-state index < -0.39 is 6.09 Å². The van der Waals surface area contributed by atoms with Gasteiger partial charge in [-0.15, -0.1) is 0 Å². The minimum Gasteiger partial charge on any atom is -0.496 e. The Bertz CT molecular complexity index is 980. The molecule has 2 aliphatic rings. The zero-order valence-electron chi connectivity index (χ0n) is 16.6. The van der Waals surface area contributed by atoms with Gasteiger partial charge < -0.3 is 24.6 Å². The van der Waals surface area contributed by atoms with Crippen LogP contribution in [0.4, 0.5) is 10.5 Å². The van der Waals surface area contributed by atoms with E-state index in [1.807, 2.05) is 17.6 Å². The number of aryl methyl sites for hydroxylation is 1. The standard InChI is InChI=1S/C21H27N3O4/c1-12-17(23-9-8-14(11-23)13(2)22-21(26)27)7-6-16-18(28-3)10-19(25)24(20(12)16)15-4-5-15/h6-7,10,13-15,22H,4-5,8-9,11H2,1-3H3,(H,26,27)/t13-,14+/m0/s1. The van der Waals surface area contributed by atoms with Crippen LogP contribution in [-0.2, 0) is 0 Å². The van der Waals surface area contributed by atoms with Crippen molar-refractivity contribution in [1.82, 2.24) is 9.88 Å². The van der Waals surface area contributed by atoms with Crippen molar-refractivity contribution in [3.05, 3.63) is 34.1 Å². The second-order valence-corrected chi connectivity index (χ2v) is 7.99. The number of ether oxygens (including phenoxy) is 1. The van der Waals surface area contributed by atoms with E-state index in [1.165, 1.54) is 0 Å². The van der Waals surface area contributed by atoms with Gasteiger partial charge in [0.15, 0.2) is 0 Å². The molecule has 0 unspecified atom stereocenters. The Morgan fingerprint density at radius 1 is 1.32 bits per heavy atom. The van der Waals surface area contributed by atoms with Gasteiger partial charge in [-0.05, 0) is 56.7 Å². The molecule has 1 saturated heterocycles. The summed E-state index contributed by atoms with van der Waals surface area (Å²) in [4.78, 5) is 26.0. The second-order valence-electron chi connectivity index (χ2n) is 7.99. The van der Waals surface area contributed by atoms with Crippen molar-refractivity contribution in [2.24, 2.45) is 5.92 Å². The number of hydrogen-bond acceptors (Lipinski definition) is 4. The number of fused-ring (bicyclic) bond motifs is 1. The first-order valence-corrected chi connectivity index (χ1v) is 9.88. The Hall–Kier alpha value is -2.70. The van der Waals surface area contributed by atoms with Gasteiger partial charge in [-0.3, -0.25) is 4.79 Å². The third-order valence-electron chi connectivity index (χ3n) is 6.16. The molecule has 0 spiro atoms. The number of carbonyl (C=O) groups is 1. The monoisotopic (exact) mass is 385 g/mol. The summed E-state index contributed by atoms with van der Waals surface area (Å²) in [6.07, 6.45) is 2.03. The van der Waals surface area contributed by atoms with Crippen LogP contribution in [0.25, 0.3) is 10.9 Å². The molecule has 28 heavy (non-hydrogen) atoms. The van der Waals surface area contributed by atoms with E-state index in [0.717, 1.165) is 54.5 Å². The number of hydrogen-bond donors (Lipinski definition) is 2. The number of pyridine rings is 1. The van der Waals surface area contributed by atoms with E-state index >= 15 is 0 Å². The zero-order chi connectivity index (χ0) is 20.0. The van der Waals surface area contributed by atoms with Gasteiger partial charge in [0, 0.05) is 42.3 Å². The molecule has 1 saturated carbocycles. The van der Waals surface area contributed by atoms with E-state index in [0.29, 0.717) is 5.75 Å². The van der Waals surface area contributed by atoms with E-state index in [2.05, 4.69) is 23.2 Å². The highest BCUT2D eigenvalue weighted by Crippen LogP contribution is 2.41. The summed E-state index contributed by atoms with van der Waals surface area (Å²) in [5, 5.41) is 12.5. The predicted octanol–water partition coefficient (Wildman–Crippen LogP) is 3.14. The highest BCUT2D eigenvalue weighted by atomic mass is 16.5. The topological polar surface area (TPSA) is 83.8 Å². The molecule has 2 N–H and O–H groups in total. The van der Waals surface area contributed by atoms with Crippen molar-refractivity contribution >= 4 is 22.7 Å². The average molecular weight is 385 g/mol. The van der Waals surface area contributed by atoms with Gasteiger partial charge in [0.05, 0.1) is 12.6 Å². The number of amides is 1. The second kappa shape index (κ2) is 7.04. The summed E-state index contributed by atoms with van der Waals surface area (Å²) < 4.78 is 7.41. The lowest BCUT2D eigenvalue weighted by Crippen LogP contribution is -2.38. The molecule has 2 atom stereocenters. The molecule has 1 aliphatic carbocycles. The number of carboxylic acid groups (broad SMARTS) is 1. The van der Waals surface area contributed by atoms with Crippen molar-refractivity contribution in [1.29, 1.82) is 0 Å². The summed E-state index contributed by atoms with van der Waals surface area (Å²) in [5.41, 5.74) is 3.15. The Labute approximate surface area is 163 Å². The van der Waals surface area contributed by atoms with Crippen molar-refractivity contribution < 1.29 is 14.6 Å². The van der Waals surface area contributed by atoms with Gasteiger partial charge in [-0.2, -0.15) is 0 Å². The first-order valence-electron chi connectivity index (χ1n) is 9.88. The van der Waals surface area contributed by atoms with Crippen molar-refractivity contribution in [2.45, 2.75) is 45.2 Å². The fourth-order valence-electron chi connectivity index (χ4n) is 4.50. The maximum absolute atomic E-state index is 12.7. The molecule has 2 fully saturated rings. The predicted molar refractivity (Wildman–Crippen MR) is 109 cm³/mol. The quantitative estimate of drug-likeness (QED) is 0.826.